The van der Waals surface area contributed by atoms with Gasteiger partial charge in [-0.3, -0.25) is 0 Å². The molecular weight excluding hydrogens is 212 g/mol. The first-order valence-electron chi connectivity index (χ1n) is 4.96. The van der Waals surface area contributed by atoms with E-state index in [1.165, 1.54) is 0 Å². The van der Waals surface area contributed by atoms with Crippen LogP contribution < -0.4 is 10.0 Å². The highest BCUT2D eigenvalue weighted by Gasteiger charge is 2.21. The number of rotatable bonds is 3. The third-order valence-electron chi connectivity index (χ3n) is 2.44. The largest absolute Gasteiger partial charge is 0.315 e. The summed E-state index contributed by atoms with van der Waals surface area (Å²) in [4.78, 5) is 0.330. The van der Waals surface area contributed by atoms with Crippen LogP contribution in [0.5, 0.6) is 0 Å². The van der Waals surface area contributed by atoms with Crippen LogP contribution in [0.3, 0.4) is 0 Å². The maximum absolute atomic E-state index is 11.8. The molecule has 0 amide bonds. The molecule has 0 unspecified atom stereocenters. The topological polar surface area (TPSA) is 58.2 Å². The van der Waals surface area contributed by atoms with Crippen molar-refractivity contribution in [1.82, 2.24) is 10.0 Å². The molecule has 2 rings (SSSR count). The number of hydrogen-bond donors (Lipinski definition) is 2. The van der Waals surface area contributed by atoms with Crippen molar-refractivity contribution in [2.45, 2.75) is 17.4 Å². The minimum atomic E-state index is -3.33. The molecule has 15 heavy (non-hydrogen) atoms. The van der Waals surface area contributed by atoms with Crippen molar-refractivity contribution >= 4 is 10.0 Å². The van der Waals surface area contributed by atoms with Crippen molar-refractivity contribution in [3.05, 3.63) is 30.3 Å². The molecule has 1 saturated heterocycles. The lowest BCUT2D eigenvalue weighted by Crippen LogP contribution is -2.36. The van der Waals surface area contributed by atoms with E-state index in [4.69, 9.17) is 0 Å². The fraction of sp³-hybridized carbons (Fsp3) is 0.400. The van der Waals surface area contributed by atoms with Crippen LogP contribution in [0.15, 0.2) is 35.2 Å². The van der Waals surface area contributed by atoms with Gasteiger partial charge in [0.1, 0.15) is 0 Å². The predicted molar refractivity (Wildman–Crippen MR) is 58.0 cm³/mol. The smallest absolute Gasteiger partial charge is 0.240 e. The molecule has 1 fully saturated rings. The van der Waals surface area contributed by atoms with E-state index < -0.39 is 10.0 Å². The fourth-order valence-corrected chi connectivity index (χ4v) is 2.93. The molecule has 0 radical (unpaired) electrons. The van der Waals surface area contributed by atoms with Gasteiger partial charge in [0, 0.05) is 12.6 Å². The monoisotopic (exact) mass is 226 g/mol. The third kappa shape index (κ3) is 2.56. The molecule has 0 bridgehead atoms. The summed E-state index contributed by atoms with van der Waals surface area (Å²) in [5.41, 5.74) is 0. The predicted octanol–water partition coefficient (Wildman–Crippen LogP) is 0.327. The van der Waals surface area contributed by atoms with Crippen molar-refractivity contribution < 1.29 is 8.42 Å². The van der Waals surface area contributed by atoms with Gasteiger partial charge < -0.3 is 5.32 Å². The van der Waals surface area contributed by atoms with Crippen LogP contribution in [0.4, 0.5) is 0 Å². The highest BCUT2D eigenvalue weighted by atomic mass is 32.2. The van der Waals surface area contributed by atoms with Gasteiger partial charge in [0.15, 0.2) is 0 Å². The van der Waals surface area contributed by atoms with Gasteiger partial charge >= 0.3 is 0 Å². The second-order valence-corrected chi connectivity index (χ2v) is 5.34. The normalized spacial score (nSPS) is 21.7. The van der Waals surface area contributed by atoms with Crippen LogP contribution >= 0.6 is 0 Å². The van der Waals surface area contributed by atoms with Crippen molar-refractivity contribution in [1.29, 1.82) is 0 Å². The van der Waals surface area contributed by atoms with Crippen LogP contribution in [-0.4, -0.2) is 27.5 Å². The summed E-state index contributed by atoms with van der Waals surface area (Å²) in [7, 11) is -3.33. The zero-order chi connectivity index (χ0) is 10.7. The maximum atomic E-state index is 11.8. The first-order chi connectivity index (χ1) is 7.18. The highest BCUT2D eigenvalue weighted by Crippen LogP contribution is 2.09. The maximum Gasteiger partial charge on any atom is 0.240 e. The average Bonchev–Trinajstić information content (AvgIpc) is 2.71. The molecule has 1 atom stereocenters. The molecule has 0 aliphatic carbocycles. The van der Waals surface area contributed by atoms with E-state index in [2.05, 4.69) is 10.0 Å². The van der Waals surface area contributed by atoms with E-state index in [1.807, 2.05) is 0 Å². The number of hydrogen-bond acceptors (Lipinski definition) is 3. The lowest BCUT2D eigenvalue weighted by molar-refractivity contribution is 0.560. The molecule has 82 valence electrons. The Hall–Kier alpha value is -0.910. The average molecular weight is 226 g/mol. The summed E-state index contributed by atoms with van der Waals surface area (Å²) in [6.07, 6.45) is 0.853. The molecule has 5 heteroatoms. The summed E-state index contributed by atoms with van der Waals surface area (Å²) in [6.45, 7) is 1.59. The Balaban J connectivity index is 2.13. The summed E-state index contributed by atoms with van der Waals surface area (Å²) in [5.74, 6) is 0. The van der Waals surface area contributed by atoms with E-state index in [9.17, 15) is 8.42 Å². The van der Waals surface area contributed by atoms with Crippen molar-refractivity contribution in [3.8, 4) is 0 Å². The minimum absolute atomic E-state index is 0.0233. The fourth-order valence-electron chi connectivity index (χ4n) is 1.64. The Morgan fingerprint density at radius 2 is 2.00 bits per heavy atom. The summed E-state index contributed by atoms with van der Waals surface area (Å²) in [5, 5.41) is 3.12. The second kappa shape index (κ2) is 4.30. The van der Waals surface area contributed by atoms with Gasteiger partial charge in [-0.15, -0.1) is 0 Å². The van der Waals surface area contributed by atoms with Gasteiger partial charge in [-0.05, 0) is 25.1 Å². The van der Waals surface area contributed by atoms with E-state index in [-0.39, 0.29) is 6.04 Å². The second-order valence-electron chi connectivity index (χ2n) is 3.62. The molecule has 1 heterocycles. The number of sulfonamides is 1. The van der Waals surface area contributed by atoms with Crippen molar-refractivity contribution in [2.24, 2.45) is 0 Å². The van der Waals surface area contributed by atoms with Crippen LogP contribution in [0.25, 0.3) is 0 Å². The third-order valence-corrected chi connectivity index (χ3v) is 3.97. The molecule has 1 aromatic carbocycles. The Morgan fingerprint density at radius 1 is 1.27 bits per heavy atom. The molecule has 2 N–H and O–H groups in total. The Morgan fingerprint density at radius 3 is 2.60 bits per heavy atom. The lowest BCUT2D eigenvalue weighted by atomic mass is 10.3. The molecular formula is C10H14N2O2S. The molecule has 0 saturated carbocycles. The molecule has 1 aliphatic heterocycles. The van der Waals surface area contributed by atoms with Crippen LogP contribution in [0.1, 0.15) is 6.42 Å². The van der Waals surface area contributed by atoms with Crippen molar-refractivity contribution in [2.75, 3.05) is 13.1 Å². The van der Waals surface area contributed by atoms with E-state index >= 15 is 0 Å². The van der Waals surface area contributed by atoms with Gasteiger partial charge in [-0.2, -0.15) is 0 Å². The first kappa shape index (κ1) is 10.6. The molecule has 0 spiro atoms. The quantitative estimate of drug-likeness (QED) is 0.780. The Labute approximate surface area is 89.7 Å². The van der Waals surface area contributed by atoms with Gasteiger partial charge in [-0.25, -0.2) is 13.1 Å². The SMILES string of the molecule is O=S(=O)(N[C@@H]1CCNC1)c1ccccc1. The Bertz CT molecular complexity index is 410. The number of benzene rings is 1. The zero-order valence-corrected chi connectivity index (χ0v) is 9.13. The van der Waals surface area contributed by atoms with Gasteiger partial charge in [-0.1, -0.05) is 18.2 Å². The Kier molecular flexibility index (Phi) is 3.04. The van der Waals surface area contributed by atoms with Crippen LogP contribution in [-0.2, 0) is 10.0 Å². The highest BCUT2D eigenvalue weighted by molar-refractivity contribution is 7.89. The molecule has 4 nitrogen and oxygen atoms in total. The van der Waals surface area contributed by atoms with E-state index in [0.717, 1.165) is 13.0 Å². The minimum Gasteiger partial charge on any atom is -0.315 e. The van der Waals surface area contributed by atoms with Crippen LogP contribution in [0, 0.1) is 0 Å². The van der Waals surface area contributed by atoms with E-state index in [1.54, 1.807) is 30.3 Å². The summed E-state index contributed by atoms with van der Waals surface area (Å²) >= 11 is 0. The molecule has 1 aliphatic rings. The standard InChI is InChI=1S/C10H14N2O2S/c13-15(14,10-4-2-1-3-5-10)12-9-6-7-11-8-9/h1-5,9,11-12H,6-8H2/t9-/m1/s1. The van der Waals surface area contributed by atoms with Gasteiger partial charge in [0.2, 0.25) is 10.0 Å². The summed E-state index contributed by atoms with van der Waals surface area (Å²) < 4.78 is 26.4. The lowest BCUT2D eigenvalue weighted by Gasteiger charge is -2.11. The van der Waals surface area contributed by atoms with Crippen LogP contribution in [0.2, 0.25) is 0 Å². The van der Waals surface area contributed by atoms with Gasteiger partial charge in [0.05, 0.1) is 4.90 Å². The molecule has 1 aromatic rings. The molecule has 0 aromatic heterocycles. The zero-order valence-electron chi connectivity index (χ0n) is 8.31. The van der Waals surface area contributed by atoms with Crippen molar-refractivity contribution in [3.63, 3.8) is 0 Å². The van der Waals surface area contributed by atoms with E-state index in [0.29, 0.717) is 11.4 Å². The summed E-state index contributed by atoms with van der Waals surface area (Å²) in [6, 6.07) is 8.48. The van der Waals surface area contributed by atoms with Gasteiger partial charge in [0.25, 0.3) is 0 Å². The number of nitrogens with one attached hydrogen (secondary N) is 2. The first-order valence-corrected chi connectivity index (χ1v) is 6.45.